The van der Waals surface area contributed by atoms with E-state index in [1.54, 1.807) is 30.2 Å². The van der Waals surface area contributed by atoms with Crippen LogP contribution in [0.1, 0.15) is 12.0 Å². The highest BCUT2D eigenvalue weighted by Gasteiger charge is 2.37. The molecule has 0 saturated carbocycles. The van der Waals surface area contributed by atoms with Crippen molar-refractivity contribution in [1.29, 1.82) is 5.26 Å². The fraction of sp³-hybridized carbons (Fsp3) is 0.350. The van der Waals surface area contributed by atoms with Crippen molar-refractivity contribution < 1.29 is 17.9 Å². The Bertz CT molecular complexity index is 1020. The number of nitrogens with zero attached hydrogens (tertiary/aromatic N) is 3. The van der Waals surface area contributed by atoms with Crippen LogP contribution in [0.15, 0.2) is 47.4 Å². The maximum atomic E-state index is 13.7. The topological polar surface area (TPSA) is 82.9 Å². The van der Waals surface area contributed by atoms with E-state index in [1.165, 1.54) is 23.5 Å². The van der Waals surface area contributed by atoms with Crippen molar-refractivity contribution in [3.05, 3.63) is 53.1 Å². The molecule has 0 unspecified atom stereocenters. The second kappa shape index (κ2) is 8.91. The van der Waals surface area contributed by atoms with E-state index in [2.05, 4.69) is 6.19 Å². The van der Waals surface area contributed by atoms with Gasteiger partial charge < -0.3 is 14.4 Å². The van der Waals surface area contributed by atoms with Gasteiger partial charge in [0.05, 0.1) is 14.2 Å². The molecule has 0 N–H and O–H groups in total. The molecule has 0 radical (unpaired) electrons. The summed E-state index contributed by atoms with van der Waals surface area (Å²) in [5.41, 5.74) is 0.782. The SMILES string of the molecule is COc1cccc(CN([C@@H]2CCN(C#N)C2)S(=O)(=O)c2cc(Cl)ccc2OC)c1. The predicted octanol–water partition coefficient (Wildman–Crippen LogP) is 3.10. The van der Waals surface area contributed by atoms with Crippen LogP contribution in [0.5, 0.6) is 11.5 Å². The van der Waals surface area contributed by atoms with Gasteiger partial charge in [-0.25, -0.2) is 8.42 Å². The van der Waals surface area contributed by atoms with Gasteiger partial charge in [0.2, 0.25) is 10.0 Å². The third kappa shape index (κ3) is 4.58. The molecule has 1 saturated heterocycles. The highest BCUT2D eigenvalue weighted by atomic mass is 35.5. The number of rotatable bonds is 7. The molecule has 29 heavy (non-hydrogen) atoms. The normalized spacial score (nSPS) is 16.7. The number of hydrogen-bond acceptors (Lipinski definition) is 6. The summed E-state index contributed by atoms with van der Waals surface area (Å²) in [7, 11) is -0.972. The van der Waals surface area contributed by atoms with Gasteiger partial charge in [0, 0.05) is 30.7 Å². The maximum absolute atomic E-state index is 13.7. The standard InChI is InChI=1S/C20H22ClN3O4S/c1-27-18-5-3-4-15(10-18)12-24(17-8-9-23(13-17)14-22)29(25,26)20-11-16(21)6-7-19(20)28-2/h3-7,10-11,17H,8-9,12-13H2,1-2H3/t17-/m1/s1. The number of ether oxygens (including phenoxy) is 2. The summed E-state index contributed by atoms with van der Waals surface area (Å²) >= 11 is 6.08. The lowest BCUT2D eigenvalue weighted by Crippen LogP contribution is -2.41. The Morgan fingerprint density at radius 2 is 2.03 bits per heavy atom. The van der Waals surface area contributed by atoms with Gasteiger partial charge in [-0.2, -0.15) is 9.57 Å². The van der Waals surface area contributed by atoms with Gasteiger partial charge in [-0.3, -0.25) is 0 Å². The minimum absolute atomic E-state index is 0.00537. The number of likely N-dealkylation sites (tertiary alicyclic amines) is 1. The molecule has 1 heterocycles. The molecule has 9 heteroatoms. The molecule has 1 aliphatic rings. The first-order chi connectivity index (χ1) is 13.9. The second-order valence-electron chi connectivity index (χ2n) is 6.69. The Morgan fingerprint density at radius 1 is 1.24 bits per heavy atom. The van der Waals surface area contributed by atoms with Gasteiger partial charge in [-0.15, -0.1) is 0 Å². The van der Waals surface area contributed by atoms with E-state index in [9.17, 15) is 13.7 Å². The smallest absolute Gasteiger partial charge is 0.247 e. The lowest BCUT2D eigenvalue weighted by molar-refractivity contribution is 0.311. The summed E-state index contributed by atoms with van der Waals surface area (Å²) < 4.78 is 39.3. The Kier molecular flexibility index (Phi) is 6.52. The number of sulfonamides is 1. The van der Waals surface area contributed by atoms with Crippen molar-refractivity contribution in [1.82, 2.24) is 9.21 Å². The van der Waals surface area contributed by atoms with E-state index in [0.29, 0.717) is 30.3 Å². The molecule has 7 nitrogen and oxygen atoms in total. The molecule has 0 bridgehead atoms. The zero-order valence-corrected chi connectivity index (χ0v) is 17.8. The fourth-order valence-electron chi connectivity index (χ4n) is 3.41. The third-order valence-electron chi connectivity index (χ3n) is 4.90. The summed E-state index contributed by atoms with van der Waals surface area (Å²) in [5.74, 6) is 0.866. The quantitative estimate of drug-likeness (QED) is 0.621. The Morgan fingerprint density at radius 3 is 2.69 bits per heavy atom. The highest BCUT2D eigenvalue weighted by molar-refractivity contribution is 7.89. The van der Waals surface area contributed by atoms with E-state index < -0.39 is 10.0 Å². The van der Waals surface area contributed by atoms with E-state index in [-0.39, 0.29) is 23.2 Å². The predicted molar refractivity (Wildman–Crippen MR) is 109 cm³/mol. The number of hydrogen-bond donors (Lipinski definition) is 0. The van der Waals surface area contributed by atoms with Crippen LogP contribution in [-0.2, 0) is 16.6 Å². The van der Waals surface area contributed by atoms with Crippen molar-refractivity contribution in [2.45, 2.75) is 23.9 Å². The molecule has 1 aliphatic heterocycles. The Balaban J connectivity index is 2.04. The van der Waals surface area contributed by atoms with Crippen LogP contribution in [0.3, 0.4) is 0 Å². The van der Waals surface area contributed by atoms with E-state index in [1.807, 2.05) is 12.1 Å². The molecular formula is C20H22ClN3O4S. The van der Waals surface area contributed by atoms with Crippen molar-refractivity contribution in [2.75, 3.05) is 27.3 Å². The minimum atomic E-state index is -3.95. The molecule has 154 valence electrons. The molecule has 0 amide bonds. The van der Waals surface area contributed by atoms with Crippen LogP contribution < -0.4 is 9.47 Å². The third-order valence-corrected chi connectivity index (χ3v) is 7.05. The van der Waals surface area contributed by atoms with E-state index in [4.69, 9.17) is 21.1 Å². The average Bonchev–Trinajstić information content (AvgIpc) is 3.20. The monoisotopic (exact) mass is 435 g/mol. The van der Waals surface area contributed by atoms with Crippen molar-refractivity contribution in [3.8, 4) is 17.7 Å². The van der Waals surface area contributed by atoms with Gasteiger partial charge in [0.25, 0.3) is 0 Å². The number of benzene rings is 2. The number of methoxy groups -OCH3 is 2. The van der Waals surface area contributed by atoms with Crippen LogP contribution in [0.2, 0.25) is 5.02 Å². The van der Waals surface area contributed by atoms with Crippen LogP contribution in [0.25, 0.3) is 0 Å². The fourth-order valence-corrected chi connectivity index (χ4v) is 5.46. The summed E-state index contributed by atoms with van der Waals surface area (Å²) in [6, 6.07) is 11.4. The van der Waals surface area contributed by atoms with Crippen LogP contribution in [0.4, 0.5) is 0 Å². The van der Waals surface area contributed by atoms with Crippen molar-refractivity contribution in [2.24, 2.45) is 0 Å². The molecule has 0 spiro atoms. The number of halogens is 1. The van der Waals surface area contributed by atoms with Gasteiger partial charge in [0.15, 0.2) is 6.19 Å². The average molecular weight is 436 g/mol. The van der Waals surface area contributed by atoms with E-state index >= 15 is 0 Å². The van der Waals surface area contributed by atoms with Gasteiger partial charge in [-0.05, 0) is 42.3 Å². The zero-order valence-electron chi connectivity index (χ0n) is 16.2. The summed E-state index contributed by atoms with van der Waals surface area (Å²) in [6.45, 7) is 0.986. The molecule has 1 atom stereocenters. The molecule has 3 rings (SSSR count). The number of nitriles is 1. The van der Waals surface area contributed by atoms with Crippen LogP contribution >= 0.6 is 11.6 Å². The van der Waals surface area contributed by atoms with Crippen molar-refractivity contribution >= 4 is 21.6 Å². The Hall–Kier alpha value is -2.47. The molecule has 0 aliphatic carbocycles. The molecule has 2 aromatic carbocycles. The second-order valence-corrected chi connectivity index (χ2v) is 8.98. The van der Waals surface area contributed by atoms with Crippen LogP contribution in [-0.4, -0.2) is 51.0 Å². The molecular weight excluding hydrogens is 414 g/mol. The van der Waals surface area contributed by atoms with Gasteiger partial charge in [0.1, 0.15) is 16.4 Å². The first-order valence-corrected chi connectivity index (χ1v) is 10.8. The highest BCUT2D eigenvalue weighted by Crippen LogP contribution is 2.33. The van der Waals surface area contributed by atoms with Crippen molar-refractivity contribution in [3.63, 3.8) is 0 Å². The first-order valence-electron chi connectivity index (χ1n) is 9.02. The molecule has 1 fully saturated rings. The van der Waals surface area contributed by atoms with Crippen LogP contribution in [0, 0.1) is 11.5 Å². The summed E-state index contributed by atoms with van der Waals surface area (Å²) in [4.78, 5) is 1.57. The largest absolute Gasteiger partial charge is 0.497 e. The zero-order chi connectivity index (χ0) is 21.0. The Labute approximate surface area is 176 Å². The summed E-state index contributed by atoms with van der Waals surface area (Å²) in [5, 5.41) is 9.52. The molecule has 0 aromatic heterocycles. The lowest BCUT2D eigenvalue weighted by Gasteiger charge is -2.28. The maximum Gasteiger partial charge on any atom is 0.247 e. The minimum Gasteiger partial charge on any atom is -0.497 e. The van der Waals surface area contributed by atoms with E-state index in [0.717, 1.165) is 5.56 Å². The van der Waals surface area contributed by atoms with Gasteiger partial charge in [-0.1, -0.05) is 23.7 Å². The first kappa shape index (κ1) is 21.2. The molecule has 2 aromatic rings. The summed E-state index contributed by atoms with van der Waals surface area (Å²) in [6.07, 6.45) is 2.65. The van der Waals surface area contributed by atoms with Gasteiger partial charge >= 0.3 is 0 Å². The lowest BCUT2D eigenvalue weighted by atomic mass is 10.2.